The molecule has 0 aromatic heterocycles. The molecule has 1 aliphatic rings. The van der Waals surface area contributed by atoms with Crippen LogP contribution in [0.2, 0.25) is 0 Å². The first-order chi connectivity index (χ1) is 9.77. The van der Waals surface area contributed by atoms with Gasteiger partial charge in [-0.25, -0.2) is 8.42 Å². The van der Waals surface area contributed by atoms with Gasteiger partial charge in [-0.05, 0) is 25.3 Å². The minimum atomic E-state index is -3.83. The molecule has 2 rings (SSSR count). The van der Waals surface area contributed by atoms with E-state index in [2.05, 4.69) is 5.43 Å². The summed E-state index contributed by atoms with van der Waals surface area (Å²) >= 11 is 0. The Morgan fingerprint density at radius 2 is 2.10 bits per heavy atom. The molecule has 2 atom stereocenters. The lowest BCUT2D eigenvalue weighted by atomic mass is 10.1. The lowest BCUT2D eigenvalue weighted by molar-refractivity contribution is -0.385. The number of sulfonamides is 1. The maximum Gasteiger partial charge on any atom is 0.270 e. The molecule has 0 bridgehead atoms. The molecule has 8 nitrogen and oxygen atoms in total. The van der Waals surface area contributed by atoms with Gasteiger partial charge in [0.25, 0.3) is 5.69 Å². The topological polar surface area (TPSA) is 119 Å². The number of hydrogen-bond donors (Lipinski definition) is 2. The summed E-state index contributed by atoms with van der Waals surface area (Å²) in [7, 11) is -3.83. The van der Waals surface area contributed by atoms with Crippen molar-refractivity contribution in [1.82, 2.24) is 4.31 Å². The highest BCUT2D eigenvalue weighted by molar-refractivity contribution is 7.89. The van der Waals surface area contributed by atoms with Gasteiger partial charge in [-0.15, -0.1) is 0 Å². The summed E-state index contributed by atoms with van der Waals surface area (Å²) in [4.78, 5) is 10.1. The molecule has 1 heterocycles. The fraction of sp³-hybridized carbons (Fsp3) is 0.500. The van der Waals surface area contributed by atoms with Crippen LogP contribution in [0.25, 0.3) is 0 Å². The molecule has 3 N–H and O–H groups in total. The number of nitrogens with two attached hydrogens (primary N) is 1. The molecule has 1 saturated heterocycles. The predicted molar refractivity (Wildman–Crippen MR) is 78.0 cm³/mol. The van der Waals surface area contributed by atoms with Gasteiger partial charge in [0.15, 0.2) is 0 Å². The van der Waals surface area contributed by atoms with Crippen molar-refractivity contribution in [3.63, 3.8) is 0 Å². The van der Waals surface area contributed by atoms with Crippen molar-refractivity contribution >= 4 is 21.4 Å². The van der Waals surface area contributed by atoms with E-state index in [-0.39, 0.29) is 28.2 Å². The molecule has 1 fully saturated rings. The molecule has 0 amide bonds. The van der Waals surface area contributed by atoms with E-state index in [0.29, 0.717) is 6.54 Å². The Morgan fingerprint density at radius 3 is 2.57 bits per heavy atom. The van der Waals surface area contributed by atoms with Gasteiger partial charge in [0.1, 0.15) is 4.90 Å². The largest absolute Gasteiger partial charge is 0.323 e. The van der Waals surface area contributed by atoms with Crippen molar-refractivity contribution < 1.29 is 13.3 Å². The molecular formula is C12H18N4O4S. The Bertz CT molecular complexity index is 661. The van der Waals surface area contributed by atoms with Crippen molar-refractivity contribution in [3.8, 4) is 0 Å². The lowest BCUT2D eigenvalue weighted by Gasteiger charge is -2.22. The molecule has 0 saturated carbocycles. The number of nitrogen functional groups attached to an aromatic ring is 1. The van der Waals surface area contributed by atoms with Crippen molar-refractivity contribution in [2.75, 3.05) is 12.0 Å². The zero-order chi connectivity index (χ0) is 15.8. The number of nitro benzene ring substituents is 1. The van der Waals surface area contributed by atoms with Gasteiger partial charge >= 0.3 is 0 Å². The van der Waals surface area contributed by atoms with Crippen LogP contribution >= 0.6 is 0 Å². The monoisotopic (exact) mass is 314 g/mol. The molecule has 21 heavy (non-hydrogen) atoms. The first-order valence-electron chi connectivity index (χ1n) is 6.54. The van der Waals surface area contributed by atoms with Gasteiger partial charge in [-0.2, -0.15) is 4.31 Å². The summed E-state index contributed by atoms with van der Waals surface area (Å²) in [5, 5.41) is 10.9. The Balaban J connectivity index is 2.53. The van der Waals surface area contributed by atoms with Crippen LogP contribution in [-0.2, 0) is 10.0 Å². The summed E-state index contributed by atoms with van der Waals surface area (Å²) in [6.45, 7) is 4.20. The number of hydrogen-bond acceptors (Lipinski definition) is 6. The maximum absolute atomic E-state index is 12.8. The van der Waals surface area contributed by atoms with Crippen LogP contribution in [0, 0.1) is 16.0 Å². The van der Waals surface area contributed by atoms with E-state index in [1.165, 1.54) is 16.4 Å². The molecule has 1 aliphatic heterocycles. The Kier molecular flexibility index (Phi) is 4.17. The van der Waals surface area contributed by atoms with Crippen LogP contribution in [-0.4, -0.2) is 30.2 Å². The zero-order valence-electron chi connectivity index (χ0n) is 11.8. The number of hydrazine groups is 1. The van der Waals surface area contributed by atoms with E-state index >= 15 is 0 Å². The van der Waals surface area contributed by atoms with E-state index in [0.717, 1.165) is 12.5 Å². The van der Waals surface area contributed by atoms with E-state index in [1.54, 1.807) is 0 Å². The summed E-state index contributed by atoms with van der Waals surface area (Å²) in [6, 6.07) is 3.41. The minimum Gasteiger partial charge on any atom is -0.323 e. The molecule has 116 valence electrons. The van der Waals surface area contributed by atoms with Crippen molar-refractivity contribution in [2.24, 2.45) is 11.8 Å². The first kappa shape index (κ1) is 15.7. The Hall–Kier alpha value is -1.71. The molecule has 1 aromatic rings. The van der Waals surface area contributed by atoms with Crippen molar-refractivity contribution in [3.05, 3.63) is 28.3 Å². The molecular weight excluding hydrogens is 296 g/mol. The van der Waals surface area contributed by atoms with E-state index in [4.69, 9.17) is 5.84 Å². The van der Waals surface area contributed by atoms with Crippen LogP contribution < -0.4 is 11.3 Å². The Labute approximate surface area is 123 Å². The molecule has 1 aromatic carbocycles. The van der Waals surface area contributed by atoms with Gasteiger partial charge in [0.2, 0.25) is 10.0 Å². The van der Waals surface area contributed by atoms with Crippen LogP contribution in [0.3, 0.4) is 0 Å². The Morgan fingerprint density at radius 1 is 1.43 bits per heavy atom. The number of benzene rings is 1. The van der Waals surface area contributed by atoms with Gasteiger partial charge in [-0.3, -0.25) is 16.0 Å². The molecule has 9 heteroatoms. The second-order valence-corrected chi connectivity index (χ2v) is 7.21. The van der Waals surface area contributed by atoms with Crippen LogP contribution in [0.1, 0.15) is 20.3 Å². The number of anilines is 1. The average Bonchev–Trinajstić information content (AvgIpc) is 2.77. The fourth-order valence-electron chi connectivity index (χ4n) is 2.68. The zero-order valence-corrected chi connectivity index (χ0v) is 12.6. The summed E-state index contributed by atoms with van der Waals surface area (Å²) in [6.07, 6.45) is 0.763. The minimum absolute atomic E-state index is 0.144. The molecule has 0 aliphatic carbocycles. The predicted octanol–water partition coefficient (Wildman–Crippen LogP) is 1.30. The molecule has 2 unspecified atom stereocenters. The van der Waals surface area contributed by atoms with Crippen LogP contribution in [0.5, 0.6) is 0 Å². The van der Waals surface area contributed by atoms with Crippen LogP contribution in [0.15, 0.2) is 23.1 Å². The van der Waals surface area contributed by atoms with Gasteiger partial charge in [-0.1, -0.05) is 6.92 Å². The van der Waals surface area contributed by atoms with E-state index < -0.39 is 14.9 Å². The van der Waals surface area contributed by atoms with E-state index in [9.17, 15) is 18.5 Å². The quantitative estimate of drug-likeness (QED) is 0.491. The number of non-ortho nitro benzene ring substituents is 1. The standard InChI is InChI=1S/C12H18N4O4S/c1-8-5-9(2)15(7-8)21(19,20)12-6-10(16(17)18)3-4-11(12)14-13/h3-4,6,8-9,14H,5,7,13H2,1-2H3. The van der Waals surface area contributed by atoms with Gasteiger partial charge in [0.05, 0.1) is 10.6 Å². The fourth-order valence-corrected chi connectivity index (χ4v) is 4.62. The third-order valence-electron chi connectivity index (χ3n) is 3.64. The second-order valence-electron chi connectivity index (χ2n) is 5.35. The van der Waals surface area contributed by atoms with Crippen LogP contribution in [0.4, 0.5) is 11.4 Å². The summed E-state index contributed by atoms with van der Waals surface area (Å²) in [5.41, 5.74) is 2.15. The normalized spacial score (nSPS) is 23.2. The third kappa shape index (κ3) is 2.85. The summed E-state index contributed by atoms with van der Waals surface area (Å²) in [5.74, 6) is 5.58. The average molecular weight is 314 g/mol. The third-order valence-corrected chi connectivity index (χ3v) is 5.66. The number of nitrogens with one attached hydrogen (secondary N) is 1. The smallest absolute Gasteiger partial charge is 0.270 e. The maximum atomic E-state index is 12.8. The first-order valence-corrected chi connectivity index (χ1v) is 7.98. The lowest BCUT2D eigenvalue weighted by Crippen LogP contribution is -2.34. The highest BCUT2D eigenvalue weighted by atomic mass is 32.2. The molecule has 0 spiro atoms. The number of nitrogens with zero attached hydrogens (tertiary/aromatic N) is 2. The van der Waals surface area contributed by atoms with Gasteiger partial charge < -0.3 is 5.43 Å². The summed E-state index contributed by atoms with van der Waals surface area (Å²) < 4.78 is 26.9. The molecule has 0 radical (unpaired) electrons. The highest BCUT2D eigenvalue weighted by Crippen LogP contribution is 2.33. The SMILES string of the molecule is CC1CC(C)N(S(=O)(=O)c2cc([N+](=O)[O-])ccc2NN)C1. The van der Waals surface area contributed by atoms with Crippen molar-refractivity contribution in [2.45, 2.75) is 31.2 Å². The highest BCUT2D eigenvalue weighted by Gasteiger charge is 2.37. The van der Waals surface area contributed by atoms with E-state index in [1.807, 2.05) is 13.8 Å². The number of nitro groups is 1. The number of rotatable bonds is 4. The van der Waals surface area contributed by atoms with Crippen molar-refractivity contribution in [1.29, 1.82) is 0 Å². The van der Waals surface area contributed by atoms with Gasteiger partial charge in [0, 0.05) is 24.7 Å². The second kappa shape index (κ2) is 5.58.